The fraction of sp³-hybridized carbons (Fsp3) is 0.333. The molecule has 1 heterocycles. The predicted octanol–water partition coefficient (Wildman–Crippen LogP) is 2.24. The topological polar surface area (TPSA) is 47.3 Å². The molecule has 16 heavy (non-hydrogen) atoms. The van der Waals surface area contributed by atoms with Crippen LogP contribution in [0.25, 0.3) is 0 Å². The molecule has 0 bridgehead atoms. The molecule has 86 valence electrons. The van der Waals surface area contributed by atoms with Crippen molar-refractivity contribution in [3.8, 4) is 5.75 Å². The molecular formula is C12H15BrN2O. The van der Waals surface area contributed by atoms with Gasteiger partial charge in [-0.05, 0) is 30.7 Å². The first-order valence-corrected chi connectivity index (χ1v) is 6.13. The molecule has 1 aliphatic rings. The van der Waals surface area contributed by atoms with Crippen LogP contribution in [0, 0.1) is 5.92 Å². The third-order valence-corrected chi connectivity index (χ3v) is 3.03. The number of benzene rings is 1. The lowest BCUT2D eigenvalue weighted by molar-refractivity contribution is 0.293. The molecule has 0 fully saturated rings. The quantitative estimate of drug-likeness (QED) is 0.891. The second-order valence-electron chi connectivity index (χ2n) is 3.86. The van der Waals surface area contributed by atoms with E-state index in [1.54, 1.807) is 0 Å². The lowest BCUT2D eigenvalue weighted by atomic mass is 10.1. The normalized spacial score (nSPS) is 19.1. The van der Waals surface area contributed by atoms with Crippen molar-refractivity contribution in [3.63, 3.8) is 0 Å². The summed E-state index contributed by atoms with van der Waals surface area (Å²) < 4.78 is 6.69. The van der Waals surface area contributed by atoms with Crippen LogP contribution in [-0.2, 0) is 0 Å². The molecule has 1 aliphatic heterocycles. The second kappa shape index (κ2) is 5.25. The molecule has 3 N–H and O–H groups in total. The SMILES string of the molecule is NC1=C[C@H](CCOc2cccc(Br)c2)CN1. The van der Waals surface area contributed by atoms with Crippen molar-refractivity contribution in [1.29, 1.82) is 0 Å². The highest BCUT2D eigenvalue weighted by atomic mass is 79.9. The van der Waals surface area contributed by atoms with Crippen molar-refractivity contribution in [1.82, 2.24) is 5.32 Å². The number of hydrogen-bond donors (Lipinski definition) is 2. The maximum Gasteiger partial charge on any atom is 0.120 e. The molecule has 0 spiro atoms. The van der Waals surface area contributed by atoms with Gasteiger partial charge in [0, 0.05) is 16.9 Å². The first-order valence-electron chi connectivity index (χ1n) is 5.33. The monoisotopic (exact) mass is 282 g/mol. The molecule has 0 aliphatic carbocycles. The molecule has 0 radical (unpaired) electrons. The van der Waals surface area contributed by atoms with Gasteiger partial charge in [0.1, 0.15) is 5.75 Å². The maximum absolute atomic E-state index is 5.66. The summed E-state index contributed by atoms with van der Waals surface area (Å²) in [6, 6.07) is 7.88. The van der Waals surface area contributed by atoms with E-state index in [1.165, 1.54) is 0 Å². The van der Waals surface area contributed by atoms with Crippen molar-refractivity contribution < 1.29 is 4.74 Å². The number of ether oxygens (including phenoxy) is 1. The maximum atomic E-state index is 5.66. The molecule has 2 rings (SSSR count). The van der Waals surface area contributed by atoms with E-state index in [-0.39, 0.29) is 0 Å². The van der Waals surface area contributed by atoms with Gasteiger partial charge in [0.05, 0.1) is 12.4 Å². The van der Waals surface area contributed by atoms with E-state index in [9.17, 15) is 0 Å². The highest BCUT2D eigenvalue weighted by molar-refractivity contribution is 9.10. The van der Waals surface area contributed by atoms with Crippen molar-refractivity contribution >= 4 is 15.9 Å². The van der Waals surface area contributed by atoms with Crippen LogP contribution >= 0.6 is 15.9 Å². The first-order chi connectivity index (χ1) is 7.74. The molecule has 4 heteroatoms. The minimum Gasteiger partial charge on any atom is -0.494 e. The van der Waals surface area contributed by atoms with Gasteiger partial charge in [0.15, 0.2) is 0 Å². The number of hydrogen-bond acceptors (Lipinski definition) is 3. The number of nitrogens with one attached hydrogen (secondary N) is 1. The Kier molecular flexibility index (Phi) is 3.72. The molecule has 1 aromatic rings. The van der Waals surface area contributed by atoms with Crippen LogP contribution in [0.1, 0.15) is 6.42 Å². The van der Waals surface area contributed by atoms with E-state index in [2.05, 4.69) is 27.3 Å². The van der Waals surface area contributed by atoms with E-state index in [0.717, 1.165) is 29.0 Å². The predicted molar refractivity (Wildman–Crippen MR) is 68.0 cm³/mol. The molecule has 0 saturated heterocycles. The Bertz CT molecular complexity index is 392. The fourth-order valence-corrected chi connectivity index (χ4v) is 2.07. The van der Waals surface area contributed by atoms with Gasteiger partial charge < -0.3 is 15.8 Å². The number of nitrogens with two attached hydrogens (primary N) is 1. The van der Waals surface area contributed by atoms with E-state index in [0.29, 0.717) is 12.5 Å². The zero-order valence-electron chi connectivity index (χ0n) is 8.95. The molecule has 1 aromatic carbocycles. The zero-order valence-corrected chi connectivity index (χ0v) is 10.5. The molecule has 0 unspecified atom stereocenters. The van der Waals surface area contributed by atoms with Crippen LogP contribution in [0.15, 0.2) is 40.6 Å². The Morgan fingerprint density at radius 1 is 1.50 bits per heavy atom. The van der Waals surface area contributed by atoms with Gasteiger partial charge in [-0.3, -0.25) is 0 Å². The van der Waals surface area contributed by atoms with E-state index >= 15 is 0 Å². The average Bonchev–Trinajstić information content (AvgIpc) is 2.64. The summed E-state index contributed by atoms with van der Waals surface area (Å²) in [7, 11) is 0. The van der Waals surface area contributed by atoms with Gasteiger partial charge in [-0.25, -0.2) is 0 Å². The third kappa shape index (κ3) is 3.17. The number of halogens is 1. The molecule has 0 saturated carbocycles. The first kappa shape index (κ1) is 11.3. The van der Waals surface area contributed by atoms with Gasteiger partial charge in [-0.2, -0.15) is 0 Å². The van der Waals surface area contributed by atoms with Crippen molar-refractivity contribution in [2.75, 3.05) is 13.2 Å². The highest BCUT2D eigenvalue weighted by Crippen LogP contribution is 2.19. The van der Waals surface area contributed by atoms with Crippen molar-refractivity contribution in [2.24, 2.45) is 11.7 Å². The van der Waals surface area contributed by atoms with Gasteiger partial charge in [-0.15, -0.1) is 0 Å². The van der Waals surface area contributed by atoms with Gasteiger partial charge in [-0.1, -0.05) is 22.0 Å². The van der Waals surface area contributed by atoms with E-state index in [1.807, 2.05) is 24.3 Å². The molecule has 3 nitrogen and oxygen atoms in total. The van der Waals surface area contributed by atoms with Gasteiger partial charge in [0.25, 0.3) is 0 Å². The Hall–Kier alpha value is -1.16. The highest BCUT2D eigenvalue weighted by Gasteiger charge is 2.12. The van der Waals surface area contributed by atoms with E-state index < -0.39 is 0 Å². The standard InChI is InChI=1S/C12H15BrN2O/c13-10-2-1-3-11(7-10)16-5-4-9-6-12(14)15-8-9/h1-3,6-7,9,15H,4-5,8,14H2/t9-/m0/s1. The van der Waals surface area contributed by atoms with Crippen LogP contribution in [0.4, 0.5) is 0 Å². The lowest BCUT2D eigenvalue weighted by Crippen LogP contribution is -2.17. The van der Waals surface area contributed by atoms with Gasteiger partial charge >= 0.3 is 0 Å². The molecule has 0 aromatic heterocycles. The van der Waals surface area contributed by atoms with Gasteiger partial charge in [0.2, 0.25) is 0 Å². The van der Waals surface area contributed by atoms with Crippen molar-refractivity contribution in [3.05, 3.63) is 40.6 Å². The zero-order chi connectivity index (χ0) is 11.4. The van der Waals surface area contributed by atoms with Crippen LogP contribution < -0.4 is 15.8 Å². The summed E-state index contributed by atoms with van der Waals surface area (Å²) in [5.74, 6) is 2.18. The average molecular weight is 283 g/mol. The minimum absolute atomic E-state index is 0.493. The third-order valence-electron chi connectivity index (χ3n) is 2.54. The minimum atomic E-state index is 0.493. The Balaban J connectivity index is 1.76. The molecular weight excluding hydrogens is 268 g/mol. The fourth-order valence-electron chi connectivity index (χ4n) is 1.69. The largest absolute Gasteiger partial charge is 0.494 e. The summed E-state index contributed by atoms with van der Waals surface area (Å²) in [4.78, 5) is 0. The van der Waals surface area contributed by atoms with Crippen molar-refractivity contribution in [2.45, 2.75) is 6.42 Å². The Morgan fingerprint density at radius 2 is 2.38 bits per heavy atom. The Labute approximate surface area is 104 Å². The number of rotatable bonds is 4. The van der Waals surface area contributed by atoms with Crippen LogP contribution in [0.2, 0.25) is 0 Å². The van der Waals surface area contributed by atoms with Crippen LogP contribution in [0.5, 0.6) is 5.75 Å². The summed E-state index contributed by atoms with van der Waals surface area (Å²) in [5, 5.41) is 3.10. The summed E-state index contributed by atoms with van der Waals surface area (Å²) in [5.41, 5.74) is 5.63. The summed E-state index contributed by atoms with van der Waals surface area (Å²) in [6.45, 7) is 1.64. The van der Waals surface area contributed by atoms with E-state index in [4.69, 9.17) is 10.5 Å². The summed E-state index contributed by atoms with van der Waals surface area (Å²) >= 11 is 3.41. The summed E-state index contributed by atoms with van der Waals surface area (Å²) in [6.07, 6.45) is 3.05. The molecule has 0 amide bonds. The van der Waals surface area contributed by atoms with Crippen LogP contribution in [0.3, 0.4) is 0 Å². The van der Waals surface area contributed by atoms with Crippen LogP contribution in [-0.4, -0.2) is 13.2 Å². The lowest BCUT2D eigenvalue weighted by Gasteiger charge is -2.09. The molecule has 1 atom stereocenters. The Morgan fingerprint density at radius 3 is 3.06 bits per heavy atom. The smallest absolute Gasteiger partial charge is 0.120 e. The second-order valence-corrected chi connectivity index (χ2v) is 4.77.